The van der Waals surface area contributed by atoms with Crippen molar-refractivity contribution in [2.75, 3.05) is 33.7 Å². The summed E-state index contributed by atoms with van der Waals surface area (Å²) in [5, 5.41) is 11.2. The lowest BCUT2D eigenvalue weighted by molar-refractivity contribution is 0.281. The number of nitrogens with zero attached hydrogens (tertiary/aromatic N) is 2. The molecule has 0 fully saturated rings. The zero-order valence-electron chi connectivity index (χ0n) is 13.5. The van der Waals surface area contributed by atoms with Crippen LogP contribution in [0.1, 0.15) is 24.3 Å². The van der Waals surface area contributed by atoms with Crippen LogP contribution in [0.15, 0.2) is 10.3 Å². The van der Waals surface area contributed by atoms with Crippen LogP contribution in [0.3, 0.4) is 0 Å². The molecular formula is C14H26N2O3S2. The highest BCUT2D eigenvalue weighted by atomic mass is 32.2. The summed E-state index contributed by atoms with van der Waals surface area (Å²) in [6.45, 7) is 7.16. The van der Waals surface area contributed by atoms with Crippen molar-refractivity contribution < 1.29 is 13.5 Å². The van der Waals surface area contributed by atoms with Crippen LogP contribution in [0, 0.1) is 12.8 Å². The second-order valence-corrected chi connectivity index (χ2v) is 8.73. The van der Waals surface area contributed by atoms with Crippen molar-refractivity contribution in [2.24, 2.45) is 5.92 Å². The van der Waals surface area contributed by atoms with Crippen LogP contribution in [0.25, 0.3) is 0 Å². The molecule has 1 heterocycles. The molecule has 1 aromatic rings. The molecule has 0 saturated heterocycles. The Kier molecular flexibility index (Phi) is 6.80. The van der Waals surface area contributed by atoms with Gasteiger partial charge in [0.15, 0.2) is 0 Å². The summed E-state index contributed by atoms with van der Waals surface area (Å²) >= 11 is 1.30. The number of aryl methyl sites for hydroxylation is 1. The Hall–Kier alpha value is -0.470. The van der Waals surface area contributed by atoms with Gasteiger partial charge in [-0.3, -0.25) is 0 Å². The summed E-state index contributed by atoms with van der Waals surface area (Å²) in [6, 6.07) is 0. The van der Waals surface area contributed by atoms with E-state index in [1.807, 2.05) is 32.8 Å². The smallest absolute Gasteiger partial charge is 0.244 e. The van der Waals surface area contributed by atoms with E-state index in [-0.39, 0.29) is 17.4 Å². The molecular weight excluding hydrogens is 308 g/mol. The molecule has 122 valence electrons. The molecule has 0 radical (unpaired) electrons. The third-order valence-electron chi connectivity index (χ3n) is 3.10. The van der Waals surface area contributed by atoms with Gasteiger partial charge in [0.1, 0.15) is 4.90 Å². The fourth-order valence-electron chi connectivity index (χ4n) is 2.10. The van der Waals surface area contributed by atoms with Gasteiger partial charge in [0.25, 0.3) is 0 Å². The first-order valence-electron chi connectivity index (χ1n) is 7.02. The van der Waals surface area contributed by atoms with Gasteiger partial charge < -0.3 is 10.0 Å². The molecule has 1 N–H and O–H groups in total. The number of likely N-dealkylation sites (N-methyl/N-ethyl adjacent to an activating group) is 1. The normalized spacial score (nSPS) is 12.8. The van der Waals surface area contributed by atoms with E-state index in [0.717, 1.165) is 0 Å². The zero-order valence-corrected chi connectivity index (χ0v) is 15.1. The molecule has 0 aliphatic rings. The minimum absolute atomic E-state index is 0.240. The monoisotopic (exact) mass is 334 g/mol. The van der Waals surface area contributed by atoms with Crippen molar-refractivity contribution in [1.82, 2.24) is 9.21 Å². The lowest BCUT2D eigenvalue weighted by Crippen LogP contribution is -2.39. The van der Waals surface area contributed by atoms with Crippen molar-refractivity contribution in [2.45, 2.75) is 32.3 Å². The number of sulfonamides is 1. The summed E-state index contributed by atoms with van der Waals surface area (Å²) in [5.74, 6) is 0.249. The second kappa shape index (κ2) is 7.69. The standard InChI is InChI=1S/C14H26N2O3S2/c1-11(2)8-16(7-6-15(4)5)21(18,19)14-12(3)10-20-13(14)9-17/h10-11,17H,6-9H2,1-5H3. The summed E-state index contributed by atoms with van der Waals surface area (Å²) in [6.07, 6.45) is 0. The molecule has 21 heavy (non-hydrogen) atoms. The maximum Gasteiger partial charge on any atom is 0.244 e. The molecule has 7 heteroatoms. The molecule has 5 nitrogen and oxygen atoms in total. The van der Waals surface area contributed by atoms with E-state index < -0.39 is 10.0 Å². The van der Waals surface area contributed by atoms with Gasteiger partial charge in [-0.2, -0.15) is 4.31 Å². The molecule has 0 saturated carbocycles. The van der Waals surface area contributed by atoms with E-state index in [1.54, 1.807) is 12.3 Å². The van der Waals surface area contributed by atoms with Crippen LogP contribution in [0.5, 0.6) is 0 Å². The summed E-state index contributed by atoms with van der Waals surface area (Å²) in [4.78, 5) is 2.77. The van der Waals surface area contributed by atoms with Crippen molar-refractivity contribution in [3.05, 3.63) is 15.8 Å². The average molecular weight is 335 g/mol. The quantitative estimate of drug-likeness (QED) is 0.787. The SMILES string of the molecule is Cc1csc(CO)c1S(=O)(=O)N(CCN(C)C)CC(C)C. The Morgan fingerprint density at radius 1 is 1.29 bits per heavy atom. The number of thiophene rings is 1. The Labute approximate surface area is 132 Å². The van der Waals surface area contributed by atoms with Crippen LogP contribution in [-0.4, -0.2) is 56.5 Å². The molecule has 0 spiro atoms. The maximum absolute atomic E-state index is 12.9. The predicted octanol–water partition coefficient (Wildman–Crippen LogP) is 1.76. The third kappa shape index (κ3) is 4.75. The fourth-order valence-corrected chi connectivity index (χ4v) is 5.31. The van der Waals surface area contributed by atoms with Gasteiger partial charge in [-0.1, -0.05) is 13.8 Å². The van der Waals surface area contributed by atoms with Crippen LogP contribution in [0.4, 0.5) is 0 Å². The summed E-state index contributed by atoms with van der Waals surface area (Å²) in [5.41, 5.74) is 0.711. The van der Waals surface area contributed by atoms with E-state index in [4.69, 9.17) is 0 Å². The van der Waals surface area contributed by atoms with Crippen molar-refractivity contribution in [3.63, 3.8) is 0 Å². The first kappa shape index (κ1) is 18.6. The number of aliphatic hydroxyl groups excluding tert-OH is 1. The summed E-state index contributed by atoms with van der Waals surface area (Å²) in [7, 11) is 0.287. The van der Waals surface area contributed by atoms with Gasteiger partial charge >= 0.3 is 0 Å². The van der Waals surface area contributed by atoms with Gasteiger partial charge in [-0.25, -0.2) is 8.42 Å². The first-order chi connectivity index (χ1) is 9.70. The second-order valence-electron chi connectivity index (χ2n) is 5.89. The van der Waals surface area contributed by atoms with E-state index in [9.17, 15) is 13.5 Å². The molecule has 0 atom stereocenters. The Bertz CT molecular complexity index is 551. The van der Waals surface area contributed by atoms with Crippen molar-refractivity contribution in [3.8, 4) is 0 Å². The topological polar surface area (TPSA) is 60.9 Å². The van der Waals surface area contributed by atoms with Crippen LogP contribution in [-0.2, 0) is 16.6 Å². The number of hydrogen-bond donors (Lipinski definition) is 1. The molecule has 0 aromatic carbocycles. The van der Waals surface area contributed by atoms with E-state index in [1.165, 1.54) is 15.6 Å². The van der Waals surface area contributed by atoms with Gasteiger partial charge in [-0.15, -0.1) is 11.3 Å². The third-order valence-corrected chi connectivity index (χ3v) is 6.41. The molecule has 1 aromatic heterocycles. The summed E-state index contributed by atoms with van der Waals surface area (Å²) < 4.78 is 27.4. The van der Waals surface area contributed by atoms with E-state index in [2.05, 4.69) is 0 Å². The molecule has 0 aliphatic carbocycles. The van der Waals surface area contributed by atoms with Crippen molar-refractivity contribution >= 4 is 21.4 Å². The van der Waals surface area contributed by atoms with Gasteiger partial charge in [0, 0.05) is 19.6 Å². The lowest BCUT2D eigenvalue weighted by Gasteiger charge is -2.26. The van der Waals surface area contributed by atoms with E-state index >= 15 is 0 Å². The predicted molar refractivity (Wildman–Crippen MR) is 87.1 cm³/mol. The van der Waals surface area contributed by atoms with Gasteiger partial charge in [0.05, 0.1) is 11.5 Å². The van der Waals surface area contributed by atoms with Gasteiger partial charge in [0.2, 0.25) is 10.0 Å². The minimum atomic E-state index is -3.56. The number of aliphatic hydroxyl groups is 1. The Morgan fingerprint density at radius 2 is 1.90 bits per heavy atom. The lowest BCUT2D eigenvalue weighted by atomic mass is 10.2. The van der Waals surface area contributed by atoms with Gasteiger partial charge in [-0.05, 0) is 37.9 Å². The minimum Gasteiger partial charge on any atom is -0.391 e. The highest BCUT2D eigenvalue weighted by Crippen LogP contribution is 2.29. The maximum atomic E-state index is 12.9. The molecule has 1 rings (SSSR count). The highest BCUT2D eigenvalue weighted by molar-refractivity contribution is 7.89. The zero-order chi connectivity index (χ0) is 16.2. The average Bonchev–Trinajstić information content (AvgIpc) is 2.75. The molecule has 0 aliphatic heterocycles. The number of rotatable bonds is 8. The largest absolute Gasteiger partial charge is 0.391 e. The molecule has 0 bridgehead atoms. The van der Waals surface area contributed by atoms with Crippen LogP contribution >= 0.6 is 11.3 Å². The highest BCUT2D eigenvalue weighted by Gasteiger charge is 2.30. The van der Waals surface area contributed by atoms with E-state index in [0.29, 0.717) is 30.1 Å². The van der Waals surface area contributed by atoms with Crippen LogP contribution < -0.4 is 0 Å². The molecule has 0 amide bonds. The van der Waals surface area contributed by atoms with Crippen molar-refractivity contribution in [1.29, 1.82) is 0 Å². The first-order valence-corrected chi connectivity index (χ1v) is 9.34. The Morgan fingerprint density at radius 3 is 2.38 bits per heavy atom. The molecule has 0 unspecified atom stereocenters. The Balaban J connectivity index is 3.16. The number of hydrogen-bond acceptors (Lipinski definition) is 5. The van der Waals surface area contributed by atoms with Crippen LogP contribution in [0.2, 0.25) is 0 Å². The fraction of sp³-hybridized carbons (Fsp3) is 0.714.